The summed E-state index contributed by atoms with van der Waals surface area (Å²) in [5.41, 5.74) is -0.419. The van der Waals surface area contributed by atoms with Crippen LogP contribution >= 0.6 is 0 Å². The molecule has 0 aromatic rings. The molecule has 0 aromatic carbocycles. The molecule has 4 heteroatoms. The van der Waals surface area contributed by atoms with Gasteiger partial charge in [0.05, 0.1) is 0 Å². The standard InChI is InChI=1S/C16H32N2O2/c1-13-6-8-14(9-7-13)12-17-10-11-18(5)15(19)20-16(2,3)4/h13-14,17H,6-12H2,1-5H3. The highest BCUT2D eigenvalue weighted by Crippen LogP contribution is 2.27. The summed E-state index contributed by atoms with van der Waals surface area (Å²) in [4.78, 5) is 13.4. The molecule has 1 saturated carbocycles. The van der Waals surface area contributed by atoms with Gasteiger partial charge < -0.3 is 15.0 Å². The summed E-state index contributed by atoms with van der Waals surface area (Å²) in [6.07, 6.45) is 5.17. The molecule has 0 saturated heterocycles. The van der Waals surface area contributed by atoms with Gasteiger partial charge in [0.2, 0.25) is 0 Å². The Kier molecular flexibility index (Phi) is 6.80. The Morgan fingerprint density at radius 3 is 2.40 bits per heavy atom. The van der Waals surface area contributed by atoms with E-state index in [0.29, 0.717) is 6.54 Å². The fourth-order valence-electron chi connectivity index (χ4n) is 2.52. The number of hydrogen-bond donors (Lipinski definition) is 1. The molecule has 0 aromatic heterocycles. The van der Waals surface area contributed by atoms with Crippen LogP contribution in [-0.4, -0.2) is 43.3 Å². The van der Waals surface area contributed by atoms with E-state index in [1.807, 2.05) is 20.8 Å². The maximum atomic E-state index is 11.8. The Bertz CT molecular complexity index is 291. The van der Waals surface area contributed by atoms with Crippen molar-refractivity contribution in [3.8, 4) is 0 Å². The van der Waals surface area contributed by atoms with Crippen molar-refractivity contribution in [1.82, 2.24) is 10.2 Å². The summed E-state index contributed by atoms with van der Waals surface area (Å²) < 4.78 is 5.32. The van der Waals surface area contributed by atoms with E-state index in [0.717, 1.165) is 24.9 Å². The molecule has 1 amide bonds. The van der Waals surface area contributed by atoms with Gasteiger partial charge in [0.15, 0.2) is 0 Å². The van der Waals surface area contributed by atoms with Crippen molar-refractivity contribution in [2.75, 3.05) is 26.7 Å². The van der Waals surface area contributed by atoms with Crippen molar-refractivity contribution in [3.05, 3.63) is 0 Å². The van der Waals surface area contributed by atoms with Crippen molar-refractivity contribution >= 4 is 6.09 Å². The van der Waals surface area contributed by atoms with Crippen LogP contribution in [0.2, 0.25) is 0 Å². The molecule has 1 N–H and O–H groups in total. The highest BCUT2D eigenvalue weighted by atomic mass is 16.6. The molecule has 0 radical (unpaired) electrons. The Morgan fingerprint density at radius 2 is 1.85 bits per heavy atom. The van der Waals surface area contributed by atoms with E-state index < -0.39 is 5.60 Å². The molecule has 20 heavy (non-hydrogen) atoms. The number of amides is 1. The van der Waals surface area contributed by atoms with Gasteiger partial charge in [-0.2, -0.15) is 0 Å². The lowest BCUT2D eigenvalue weighted by Crippen LogP contribution is -2.39. The molecule has 0 bridgehead atoms. The molecule has 0 spiro atoms. The summed E-state index contributed by atoms with van der Waals surface area (Å²) in [6, 6.07) is 0. The molecule has 1 rings (SSSR count). The van der Waals surface area contributed by atoms with Gasteiger partial charge in [-0.25, -0.2) is 4.79 Å². The quantitative estimate of drug-likeness (QED) is 0.788. The number of nitrogens with one attached hydrogen (secondary N) is 1. The summed E-state index contributed by atoms with van der Waals surface area (Å²) in [5.74, 6) is 1.72. The van der Waals surface area contributed by atoms with Crippen LogP contribution in [0.5, 0.6) is 0 Å². The molecule has 118 valence electrons. The molecular formula is C16H32N2O2. The third kappa shape index (κ3) is 7.13. The van der Waals surface area contributed by atoms with Gasteiger partial charge in [0.25, 0.3) is 0 Å². The number of carbonyl (C=O) groups is 1. The van der Waals surface area contributed by atoms with E-state index in [-0.39, 0.29) is 6.09 Å². The Morgan fingerprint density at radius 1 is 1.25 bits per heavy atom. The zero-order chi connectivity index (χ0) is 15.2. The number of carbonyl (C=O) groups excluding carboxylic acids is 1. The minimum atomic E-state index is -0.419. The fourth-order valence-corrected chi connectivity index (χ4v) is 2.52. The molecular weight excluding hydrogens is 252 g/mol. The number of rotatable bonds is 5. The lowest BCUT2D eigenvalue weighted by molar-refractivity contribution is 0.0300. The monoisotopic (exact) mass is 284 g/mol. The topological polar surface area (TPSA) is 41.6 Å². The average molecular weight is 284 g/mol. The first-order valence-corrected chi connectivity index (χ1v) is 7.93. The number of hydrogen-bond acceptors (Lipinski definition) is 3. The van der Waals surface area contributed by atoms with Crippen LogP contribution in [0.15, 0.2) is 0 Å². The zero-order valence-corrected chi connectivity index (χ0v) is 13.9. The van der Waals surface area contributed by atoms with Gasteiger partial charge in [0, 0.05) is 20.1 Å². The van der Waals surface area contributed by atoms with Crippen LogP contribution in [-0.2, 0) is 4.74 Å². The van der Waals surface area contributed by atoms with Gasteiger partial charge in [-0.3, -0.25) is 0 Å². The van der Waals surface area contributed by atoms with Crippen molar-refractivity contribution < 1.29 is 9.53 Å². The largest absolute Gasteiger partial charge is 0.444 e. The predicted molar refractivity (Wildman–Crippen MR) is 82.9 cm³/mol. The van der Waals surface area contributed by atoms with Crippen LogP contribution < -0.4 is 5.32 Å². The number of likely N-dealkylation sites (N-methyl/N-ethyl adjacent to an activating group) is 1. The van der Waals surface area contributed by atoms with Gasteiger partial charge in [-0.05, 0) is 52.0 Å². The molecule has 1 aliphatic rings. The summed E-state index contributed by atoms with van der Waals surface area (Å²) >= 11 is 0. The summed E-state index contributed by atoms with van der Waals surface area (Å²) in [7, 11) is 1.79. The second-order valence-electron chi connectivity index (χ2n) is 7.23. The van der Waals surface area contributed by atoms with Crippen LogP contribution in [0, 0.1) is 11.8 Å². The minimum Gasteiger partial charge on any atom is -0.444 e. The van der Waals surface area contributed by atoms with Crippen LogP contribution in [0.25, 0.3) is 0 Å². The molecule has 0 heterocycles. The van der Waals surface area contributed by atoms with Crippen LogP contribution in [0.3, 0.4) is 0 Å². The SMILES string of the molecule is CC1CCC(CNCCN(C)C(=O)OC(C)(C)C)CC1. The van der Waals surface area contributed by atoms with E-state index in [9.17, 15) is 4.79 Å². The average Bonchev–Trinajstić information content (AvgIpc) is 2.34. The molecule has 4 nitrogen and oxygen atoms in total. The molecule has 1 fully saturated rings. The molecule has 0 aliphatic heterocycles. The number of ether oxygens (including phenoxy) is 1. The van der Waals surface area contributed by atoms with Gasteiger partial charge >= 0.3 is 6.09 Å². The Hall–Kier alpha value is -0.770. The predicted octanol–water partition coefficient (Wildman–Crippen LogP) is 3.27. The normalized spacial score (nSPS) is 23.4. The lowest BCUT2D eigenvalue weighted by Gasteiger charge is -2.27. The molecule has 0 unspecified atom stereocenters. The van der Waals surface area contributed by atoms with Gasteiger partial charge in [-0.15, -0.1) is 0 Å². The maximum absolute atomic E-state index is 11.8. The Balaban J connectivity index is 2.10. The maximum Gasteiger partial charge on any atom is 0.410 e. The molecule has 0 atom stereocenters. The van der Waals surface area contributed by atoms with Gasteiger partial charge in [0.1, 0.15) is 5.60 Å². The first-order valence-electron chi connectivity index (χ1n) is 7.93. The van der Waals surface area contributed by atoms with E-state index in [2.05, 4.69) is 12.2 Å². The third-order valence-electron chi connectivity index (χ3n) is 3.90. The van der Waals surface area contributed by atoms with Crippen molar-refractivity contribution in [3.63, 3.8) is 0 Å². The lowest BCUT2D eigenvalue weighted by atomic mass is 9.83. The van der Waals surface area contributed by atoms with E-state index in [1.54, 1.807) is 11.9 Å². The van der Waals surface area contributed by atoms with E-state index in [1.165, 1.54) is 25.7 Å². The number of nitrogens with zero attached hydrogens (tertiary/aromatic N) is 1. The fraction of sp³-hybridized carbons (Fsp3) is 0.938. The zero-order valence-electron chi connectivity index (χ0n) is 13.9. The second kappa shape index (κ2) is 7.87. The second-order valence-corrected chi connectivity index (χ2v) is 7.23. The molecule has 1 aliphatic carbocycles. The minimum absolute atomic E-state index is 0.245. The highest BCUT2D eigenvalue weighted by Gasteiger charge is 2.20. The smallest absolute Gasteiger partial charge is 0.410 e. The first-order chi connectivity index (χ1) is 9.28. The van der Waals surface area contributed by atoms with E-state index in [4.69, 9.17) is 4.74 Å². The van der Waals surface area contributed by atoms with E-state index >= 15 is 0 Å². The van der Waals surface area contributed by atoms with Crippen molar-refractivity contribution in [1.29, 1.82) is 0 Å². The summed E-state index contributed by atoms with van der Waals surface area (Å²) in [5, 5.41) is 3.47. The highest BCUT2D eigenvalue weighted by molar-refractivity contribution is 5.67. The van der Waals surface area contributed by atoms with Crippen molar-refractivity contribution in [2.45, 2.75) is 59.0 Å². The Labute approximate surface area is 124 Å². The van der Waals surface area contributed by atoms with Gasteiger partial charge in [-0.1, -0.05) is 19.8 Å². The van der Waals surface area contributed by atoms with Crippen LogP contribution in [0.1, 0.15) is 53.4 Å². The summed E-state index contributed by atoms with van der Waals surface area (Å²) in [6.45, 7) is 10.6. The first kappa shape index (κ1) is 17.3. The third-order valence-corrected chi connectivity index (χ3v) is 3.90. The van der Waals surface area contributed by atoms with Crippen molar-refractivity contribution in [2.24, 2.45) is 11.8 Å². The van der Waals surface area contributed by atoms with Crippen LogP contribution in [0.4, 0.5) is 4.79 Å².